The molecular formula is C17H28N2O2. The third kappa shape index (κ3) is 5.65. The zero-order valence-electron chi connectivity index (χ0n) is 13.5. The maximum Gasteiger partial charge on any atom is 0.122 e. The van der Waals surface area contributed by atoms with Crippen LogP contribution in [0.15, 0.2) is 24.3 Å². The highest BCUT2D eigenvalue weighted by Crippen LogP contribution is 2.16. The first-order valence-electron chi connectivity index (χ1n) is 7.79. The van der Waals surface area contributed by atoms with Gasteiger partial charge in [-0.1, -0.05) is 18.2 Å². The molecule has 1 fully saturated rings. The molecule has 0 aromatic heterocycles. The summed E-state index contributed by atoms with van der Waals surface area (Å²) in [6.07, 6.45) is 0. The van der Waals surface area contributed by atoms with E-state index >= 15 is 0 Å². The van der Waals surface area contributed by atoms with Crippen molar-refractivity contribution in [3.05, 3.63) is 29.8 Å². The molecule has 118 valence electrons. The van der Waals surface area contributed by atoms with E-state index in [-0.39, 0.29) is 0 Å². The van der Waals surface area contributed by atoms with Crippen LogP contribution >= 0.6 is 0 Å². The first-order valence-corrected chi connectivity index (χ1v) is 7.79. The van der Waals surface area contributed by atoms with Crippen LogP contribution in [0, 0.1) is 6.92 Å². The predicted octanol–water partition coefficient (Wildman–Crippen LogP) is 1.76. The third-order valence-electron chi connectivity index (χ3n) is 3.83. The monoisotopic (exact) mass is 292 g/mol. The summed E-state index contributed by atoms with van der Waals surface area (Å²) in [4.78, 5) is 4.76. The highest BCUT2D eigenvalue weighted by atomic mass is 16.5. The Hall–Kier alpha value is -1.10. The number of β-amino-alcohol motifs (C(OH)–C–C–N with tert-alkyl or cyclic N) is 1. The van der Waals surface area contributed by atoms with E-state index in [0.717, 1.165) is 51.6 Å². The van der Waals surface area contributed by atoms with Gasteiger partial charge < -0.3 is 9.84 Å². The van der Waals surface area contributed by atoms with Crippen LogP contribution in [0.25, 0.3) is 0 Å². The molecule has 1 saturated heterocycles. The second-order valence-electron chi connectivity index (χ2n) is 6.54. The molecule has 0 amide bonds. The van der Waals surface area contributed by atoms with Crippen LogP contribution in [0.4, 0.5) is 0 Å². The van der Waals surface area contributed by atoms with Crippen molar-refractivity contribution in [2.45, 2.75) is 26.4 Å². The number of aliphatic hydroxyl groups is 1. The van der Waals surface area contributed by atoms with Crippen LogP contribution < -0.4 is 4.74 Å². The minimum atomic E-state index is -0.601. The number of piperazine rings is 1. The molecule has 1 aromatic carbocycles. The zero-order valence-corrected chi connectivity index (χ0v) is 13.5. The van der Waals surface area contributed by atoms with E-state index in [1.54, 1.807) is 0 Å². The first-order chi connectivity index (χ1) is 9.94. The van der Waals surface area contributed by atoms with E-state index in [1.165, 1.54) is 5.56 Å². The fourth-order valence-corrected chi connectivity index (χ4v) is 2.72. The summed E-state index contributed by atoms with van der Waals surface area (Å²) < 4.78 is 5.85. The smallest absolute Gasteiger partial charge is 0.122 e. The highest BCUT2D eigenvalue weighted by Gasteiger charge is 2.22. The van der Waals surface area contributed by atoms with Crippen LogP contribution in [0.2, 0.25) is 0 Å². The zero-order chi connectivity index (χ0) is 15.3. The van der Waals surface area contributed by atoms with E-state index in [4.69, 9.17) is 4.74 Å². The van der Waals surface area contributed by atoms with Crippen LogP contribution in [0.3, 0.4) is 0 Å². The van der Waals surface area contributed by atoms with Crippen molar-refractivity contribution < 1.29 is 9.84 Å². The Balaban J connectivity index is 1.66. The minimum absolute atomic E-state index is 0.601. The third-order valence-corrected chi connectivity index (χ3v) is 3.83. The largest absolute Gasteiger partial charge is 0.492 e. The maximum absolute atomic E-state index is 9.85. The molecule has 2 rings (SSSR count). The van der Waals surface area contributed by atoms with Gasteiger partial charge in [0.1, 0.15) is 12.4 Å². The lowest BCUT2D eigenvalue weighted by Crippen LogP contribution is -2.51. The van der Waals surface area contributed by atoms with Crippen molar-refractivity contribution in [3.8, 4) is 5.75 Å². The van der Waals surface area contributed by atoms with Crippen LogP contribution in [-0.4, -0.2) is 66.4 Å². The Morgan fingerprint density at radius 1 is 1.10 bits per heavy atom. The molecule has 4 heteroatoms. The molecule has 1 aliphatic heterocycles. The van der Waals surface area contributed by atoms with Gasteiger partial charge in [0.05, 0.1) is 5.60 Å². The van der Waals surface area contributed by atoms with Gasteiger partial charge in [0.25, 0.3) is 0 Å². The molecule has 4 nitrogen and oxygen atoms in total. The molecule has 1 aliphatic rings. The van der Waals surface area contributed by atoms with E-state index in [1.807, 2.05) is 32.0 Å². The fraction of sp³-hybridized carbons (Fsp3) is 0.647. The molecular weight excluding hydrogens is 264 g/mol. The quantitative estimate of drug-likeness (QED) is 0.867. The van der Waals surface area contributed by atoms with E-state index in [2.05, 4.69) is 22.8 Å². The molecule has 0 bridgehead atoms. The van der Waals surface area contributed by atoms with Gasteiger partial charge in [-0.3, -0.25) is 9.80 Å². The normalized spacial score (nSPS) is 17.9. The highest BCUT2D eigenvalue weighted by molar-refractivity contribution is 5.31. The Morgan fingerprint density at radius 3 is 2.33 bits per heavy atom. The summed E-state index contributed by atoms with van der Waals surface area (Å²) in [6, 6.07) is 8.14. The topological polar surface area (TPSA) is 35.9 Å². The molecule has 0 unspecified atom stereocenters. The van der Waals surface area contributed by atoms with Gasteiger partial charge in [0.15, 0.2) is 0 Å². The Bertz CT molecular complexity index is 435. The van der Waals surface area contributed by atoms with Crippen LogP contribution in [0.1, 0.15) is 19.4 Å². The number of hydrogen-bond donors (Lipinski definition) is 1. The van der Waals surface area contributed by atoms with Gasteiger partial charge in [0, 0.05) is 39.3 Å². The van der Waals surface area contributed by atoms with Crippen LogP contribution in [-0.2, 0) is 0 Å². The molecule has 0 spiro atoms. The molecule has 0 radical (unpaired) electrons. The van der Waals surface area contributed by atoms with Gasteiger partial charge >= 0.3 is 0 Å². The SMILES string of the molecule is Cc1ccccc1OCCN1CCN(CC(C)(C)O)CC1. The number of ether oxygens (including phenoxy) is 1. The minimum Gasteiger partial charge on any atom is -0.492 e. The van der Waals surface area contributed by atoms with E-state index in [9.17, 15) is 5.11 Å². The number of para-hydroxylation sites is 1. The standard InChI is InChI=1S/C17H28N2O2/c1-15-6-4-5-7-16(15)21-13-12-18-8-10-19(11-9-18)14-17(2,3)20/h4-7,20H,8-14H2,1-3H3. The average Bonchev–Trinajstić information content (AvgIpc) is 2.41. The van der Waals surface area contributed by atoms with Crippen molar-refractivity contribution in [1.29, 1.82) is 0 Å². The Labute approximate surface area is 128 Å². The second kappa shape index (κ2) is 7.25. The second-order valence-corrected chi connectivity index (χ2v) is 6.54. The van der Waals surface area contributed by atoms with Gasteiger partial charge in [-0.05, 0) is 32.4 Å². The maximum atomic E-state index is 9.85. The summed E-state index contributed by atoms with van der Waals surface area (Å²) >= 11 is 0. The Morgan fingerprint density at radius 2 is 1.71 bits per heavy atom. The van der Waals surface area contributed by atoms with Crippen molar-refractivity contribution in [2.24, 2.45) is 0 Å². The van der Waals surface area contributed by atoms with Crippen molar-refractivity contribution in [2.75, 3.05) is 45.9 Å². The number of hydrogen-bond acceptors (Lipinski definition) is 4. The Kier molecular flexibility index (Phi) is 5.62. The molecule has 0 aliphatic carbocycles. The summed E-state index contributed by atoms with van der Waals surface area (Å²) in [5, 5.41) is 9.85. The summed E-state index contributed by atoms with van der Waals surface area (Å²) in [5.41, 5.74) is 0.586. The van der Waals surface area contributed by atoms with Crippen molar-refractivity contribution in [1.82, 2.24) is 9.80 Å². The van der Waals surface area contributed by atoms with E-state index in [0.29, 0.717) is 0 Å². The van der Waals surface area contributed by atoms with E-state index < -0.39 is 5.60 Å². The van der Waals surface area contributed by atoms with Gasteiger partial charge in [0.2, 0.25) is 0 Å². The lowest BCUT2D eigenvalue weighted by Gasteiger charge is -2.37. The summed E-state index contributed by atoms with van der Waals surface area (Å²) in [5.74, 6) is 0.984. The lowest BCUT2D eigenvalue weighted by molar-refractivity contribution is 0.0162. The number of nitrogens with zero attached hydrogens (tertiary/aromatic N) is 2. The molecule has 0 saturated carbocycles. The molecule has 1 N–H and O–H groups in total. The van der Waals surface area contributed by atoms with Gasteiger partial charge in [-0.25, -0.2) is 0 Å². The lowest BCUT2D eigenvalue weighted by atomic mass is 10.1. The van der Waals surface area contributed by atoms with Gasteiger partial charge in [-0.2, -0.15) is 0 Å². The summed E-state index contributed by atoms with van der Waals surface area (Å²) in [6.45, 7) is 12.4. The number of benzene rings is 1. The van der Waals surface area contributed by atoms with Crippen molar-refractivity contribution >= 4 is 0 Å². The predicted molar refractivity (Wildman–Crippen MR) is 85.9 cm³/mol. The molecule has 21 heavy (non-hydrogen) atoms. The van der Waals surface area contributed by atoms with Crippen molar-refractivity contribution in [3.63, 3.8) is 0 Å². The average molecular weight is 292 g/mol. The van der Waals surface area contributed by atoms with Gasteiger partial charge in [-0.15, -0.1) is 0 Å². The van der Waals surface area contributed by atoms with Crippen LogP contribution in [0.5, 0.6) is 5.75 Å². The number of rotatable bonds is 6. The first kappa shape index (κ1) is 16.3. The number of aryl methyl sites for hydroxylation is 1. The molecule has 1 heterocycles. The summed E-state index contributed by atoms with van der Waals surface area (Å²) in [7, 11) is 0. The fourth-order valence-electron chi connectivity index (χ4n) is 2.72. The molecule has 1 aromatic rings. The molecule has 0 atom stereocenters.